The van der Waals surface area contributed by atoms with Crippen LogP contribution in [0.5, 0.6) is 0 Å². The topological polar surface area (TPSA) is 80.4 Å². The minimum atomic E-state index is -0.689. The van der Waals surface area contributed by atoms with Gasteiger partial charge in [0.25, 0.3) is 0 Å². The van der Waals surface area contributed by atoms with Crippen molar-refractivity contribution in [3.63, 3.8) is 0 Å². The highest BCUT2D eigenvalue weighted by molar-refractivity contribution is 5.87. The van der Waals surface area contributed by atoms with E-state index in [-0.39, 0.29) is 40.5 Å². The summed E-state index contributed by atoms with van der Waals surface area (Å²) in [4.78, 5) is 25.2. The molecule has 4 aliphatic carbocycles. The van der Waals surface area contributed by atoms with Crippen molar-refractivity contribution < 1.29 is 14.7 Å². The largest absolute Gasteiger partial charge is 0.481 e. The van der Waals surface area contributed by atoms with E-state index in [1.807, 2.05) is 0 Å². The van der Waals surface area contributed by atoms with Gasteiger partial charge in [0.2, 0.25) is 0 Å². The highest BCUT2D eigenvalue weighted by Gasteiger charge is 2.68. The molecule has 0 spiro atoms. The molecule has 4 aliphatic rings. The lowest BCUT2D eigenvalue weighted by molar-refractivity contribution is -0.172. The molecule has 0 aliphatic heterocycles. The number of ketones is 1. The van der Waals surface area contributed by atoms with E-state index in [2.05, 4.69) is 20.8 Å². The lowest BCUT2D eigenvalue weighted by atomic mass is 9.39. The van der Waals surface area contributed by atoms with Gasteiger partial charge in [-0.25, -0.2) is 0 Å². The zero-order valence-corrected chi connectivity index (χ0v) is 17.3. The number of carboxylic acids is 1. The van der Waals surface area contributed by atoms with Crippen LogP contribution in [-0.4, -0.2) is 22.4 Å². The molecule has 4 heteroatoms. The molecule has 4 rings (SSSR count). The summed E-state index contributed by atoms with van der Waals surface area (Å²) >= 11 is 0. The molecule has 0 heterocycles. The molecule has 0 aromatic carbocycles. The fraction of sp³-hybridized carbons (Fsp3) is 0.913. The normalized spacial score (nSPS) is 52.0. The van der Waals surface area contributed by atoms with Crippen LogP contribution in [0.4, 0.5) is 0 Å². The van der Waals surface area contributed by atoms with E-state index in [0.717, 1.165) is 51.4 Å². The predicted molar refractivity (Wildman–Crippen MR) is 105 cm³/mol. The maximum absolute atomic E-state index is 13.8. The van der Waals surface area contributed by atoms with Gasteiger partial charge >= 0.3 is 5.97 Å². The molecule has 3 N–H and O–H groups in total. The van der Waals surface area contributed by atoms with Gasteiger partial charge in [-0.2, -0.15) is 0 Å². The Hall–Kier alpha value is -0.900. The Morgan fingerprint density at radius 3 is 2.48 bits per heavy atom. The third-order valence-electron chi connectivity index (χ3n) is 10.0. The summed E-state index contributed by atoms with van der Waals surface area (Å²) in [5, 5.41) is 9.39. The molecule has 6 unspecified atom stereocenters. The number of fused-ring (bicyclic) bond motifs is 5. The third kappa shape index (κ3) is 2.44. The van der Waals surface area contributed by atoms with Crippen molar-refractivity contribution in [2.24, 2.45) is 46.2 Å². The number of carboxylic acid groups (broad SMARTS) is 1. The first-order valence-corrected chi connectivity index (χ1v) is 11.2. The van der Waals surface area contributed by atoms with Crippen molar-refractivity contribution in [3.05, 3.63) is 0 Å². The van der Waals surface area contributed by atoms with Crippen LogP contribution in [0.15, 0.2) is 0 Å². The number of aliphatic carboxylic acids is 1. The molecule has 4 fully saturated rings. The van der Waals surface area contributed by atoms with Gasteiger partial charge in [0.1, 0.15) is 5.78 Å². The van der Waals surface area contributed by atoms with Crippen molar-refractivity contribution >= 4 is 11.8 Å². The molecule has 0 aromatic heterocycles. The van der Waals surface area contributed by atoms with Gasteiger partial charge in [-0.05, 0) is 73.5 Å². The Labute approximate surface area is 163 Å². The molecule has 27 heavy (non-hydrogen) atoms. The molecular formula is C23H37NO3. The zero-order chi connectivity index (χ0) is 19.6. The lowest BCUT2D eigenvalue weighted by Gasteiger charge is -2.65. The van der Waals surface area contributed by atoms with E-state index in [1.165, 1.54) is 6.42 Å². The highest BCUT2D eigenvalue weighted by Crippen LogP contribution is 2.68. The van der Waals surface area contributed by atoms with E-state index in [0.29, 0.717) is 17.6 Å². The van der Waals surface area contributed by atoms with Crippen molar-refractivity contribution in [1.82, 2.24) is 0 Å². The van der Waals surface area contributed by atoms with Crippen LogP contribution >= 0.6 is 0 Å². The molecule has 0 bridgehead atoms. The third-order valence-corrected chi connectivity index (χ3v) is 10.0. The zero-order valence-electron chi connectivity index (χ0n) is 17.3. The van der Waals surface area contributed by atoms with Gasteiger partial charge in [0.15, 0.2) is 0 Å². The Morgan fingerprint density at radius 1 is 1.11 bits per heavy atom. The summed E-state index contributed by atoms with van der Waals surface area (Å²) in [5.74, 6) is 0.779. The van der Waals surface area contributed by atoms with E-state index < -0.39 is 5.97 Å². The van der Waals surface area contributed by atoms with Crippen LogP contribution in [0.1, 0.15) is 85.0 Å². The Balaban J connectivity index is 1.74. The standard InChI is InChI=1S/C23H37NO3/c1-4-15-20(27)19-16-8-7-14(13-18(25)26)21(16,2)12-9-17(19)22(3)10-5-6-11-23(15,22)24/h14-17,19H,4-13,24H2,1-3H3,(H,25,26)/t14?,15-,16?,17-,19?,21?,22?,23?/m0/s1. The van der Waals surface area contributed by atoms with Crippen LogP contribution in [0.2, 0.25) is 0 Å². The van der Waals surface area contributed by atoms with Crippen molar-refractivity contribution in [2.45, 2.75) is 90.5 Å². The predicted octanol–water partition coefficient (Wildman–Crippen LogP) is 4.41. The summed E-state index contributed by atoms with van der Waals surface area (Å²) in [5.41, 5.74) is 6.83. The van der Waals surface area contributed by atoms with Crippen molar-refractivity contribution in [1.29, 1.82) is 0 Å². The van der Waals surface area contributed by atoms with Crippen LogP contribution < -0.4 is 5.73 Å². The first-order chi connectivity index (χ1) is 12.7. The number of rotatable bonds is 3. The van der Waals surface area contributed by atoms with Gasteiger partial charge in [-0.15, -0.1) is 0 Å². The van der Waals surface area contributed by atoms with E-state index in [4.69, 9.17) is 5.73 Å². The van der Waals surface area contributed by atoms with Gasteiger partial charge in [-0.1, -0.05) is 33.6 Å². The number of nitrogens with two attached hydrogens (primary N) is 1. The quantitative estimate of drug-likeness (QED) is 0.766. The SMILES string of the molecule is CC[C@H]1C(=O)C2C3CCC(CC(=O)O)C3(C)CC[C@@H]2C2(C)CCCCC12N. The van der Waals surface area contributed by atoms with Crippen LogP contribution in [0.25, 0.3) is 0 Å². The highest BCUT2D eigenvalue weighted by atomic mass is 16.4. The summed E-state index contributed by atoms with van der Waals surface area (Å²) in [6, 6.07) is 0. The smallest absolute Gasteiger partial charge is 0.303 e. The van der Waals surface area contributed by atoms with E-state index in [9.17, 15) is 14.7 Å². The second-order valence-corrected chi connectivity index (χ2v) is 10.7. The molecular weight excluding hydrogens is 338 g/mol. The molecule has 0 aromatic rings. The average molecular weight is 376 g/mol. The van der Waals surface area contributed by atoms with Crippen molar-refractivity contribution in [2.75, 3.05) is 0 Å². The fourth-order valence-electron chi connectivity index (χ4n) is 8.49. The molecule has 8 atom stereocenters. The maximum Gasteiger partial charge on any atom is 0.303 e. The lowest BCUT2D eigenvalue weighted by Crippen LogP contribution is -2.72. The average Bonchev–Trinajstić information content (AvgIpc) is 2.92. The molecule has 152 valence electrons. The Bertz CT molecular complexity index is 648. The first-order valence-electron chi connectivity index (χ1n) is 11.2. The molecule has 0 amide bonds. The Kier molecular flexibility index (Phi) is 4.53. The summed E-state index contributed by atoms with van der Waals surface area (Å²) in [6.45, 7) is 6.82. The van der Waals surface area contributed by atoms with Crippen LogP contribution in [0, 0.1) is 40.4 Å². The summed E-state index contributed by atoms with van der Waals surface area (Å²) < 4.78 is 0. The van der Waals surface area contributed by atoms with E-state index in [1.54, 1.807) is 0 Å². The van der Waals surface area contributed by atoms with Gasteiger partial charge in [0.05, 0.1) is 0 Å². The fourth-order valence-corrected chi connectivity index (χ4v) is 8.49. The monoisotopic (exact) mass is 375 g/mol. The molecule has 0 saturated heterocycles. The Morgan fingerprint density at radius 2 is 1.81 bits per heavy atom. The maximum atomic E-state index is 13.8. The minimum Gasteiger partial charge on any atom is -0.481 e. The molecule has 0 radical (unpaired) electrons. The van der Waals surface area contributed by atoms with E-state index >= 15 is 0 Å². The van der Waals surface area contributed by atoms with Gasteiger partial charge in [0, 0.05) is 23.8 Å². The number of Topliss-reactive ketones (excluding diaryl/α,β-unsaturated/α-hetero) is 1. The van der Waals surface area contributed by atoms with Gasteiger partial charge < -0.3 is 10.8 Å². The number of hydrogen-bond acceptors (Lipinski definition) is 3. The second kappa shape index (κ2) is 6.30. The second-order valence-electron chi connectivity index (χ2n) is 10.7. The summed E-state index contributed by atoms with van der Waals surface area (Å²) in [7, 11) is 0. The minimum absolute atomic E-state index is 0.00708. The molecule has 4 nitrogen and oxygen atoms in total. The van der Waals surface area contributed by atoms with Crippen molar-refractivity contribution in [3.8, 4) is 0 Å². The van der Waals surface area contributed by atoms with Crippen LogP contribution in [-0.2, 0) is 9.59 Å². The van der Waals surface area contributed by atoms with Gasteiger partial charge in [-0.3, -0.25) is 9.59 Å². The number of hydrogen-bond donors (Lipinski definition) is 2. The number of carbonyl (C=O) groups is 2. The number of carbonyl (C=O) groups excluding carboxylic acids is 1. The molecule has 4 saturated carbocycles. The van der Waals surface area contributed by atoms with Crippen LogP contribution in [0.3, 0.4) is 0 Å². The first kappa shape index (κ1) is 19.4. The summed E-state index contributed by atoms with van der Waals surface area (Å²) in [6.07, 6.45) is 9.71.